The van der Waals surface area contributed by atoms with Gasteiger partial charge >= 0.3 is 0 Å². The lowest BCUT2D eigenvalue weighted by molar-refractivity contribution is -0.115. The summed E-state index contributed by atoms with van der Waals surface area (Å²) in [5.41, 5.74) is 2.87. The van der Waals surface area contributed by atoms with Gasteiger partial charge in [-0.2, -0.15) is 0 Å². The molecule has 0 aliphatic heterocycles. The van der Waals surface area contributed by atoms with E-state index < -0.39 is 0 Å². The van der Waals surface area contributed by atoms with Crippen LogP contribution in [0.5, 0.6) is 0 Å². The Morgan fingerprint density at radius 1 is 1.23 bits per heavy atom. The van der Waals surface area contributed by atoms with Gasteiger partial charge in [-0.1, -0.05) is 64.6 Å². The number of thioether (sulfide) groups is 1. The number of carbonyl (C=O) groups is 1. The first kappa shape index (κ1) is 20.3. The van der Waals surface area contributed by atoms with Crippen molar-refractivity contribution in [2.24, 2.45) is 0 Å². The summed E-state index contributed by atoms with van der Waals surface area (Å²) in [6, 6.07) is 6.08. The number of nitrogens with one attached hydrogen (secondary N) is 1. The van der Waals surface area contributed by atoms with Crippen LogP contribution in [-0.4, -0.2) is 26.0 Å². The number of rotatable bonds is 5. The van der Waals surface area contributed by atoms with Crippen molar-refractivity contribution in [1.82, 2.24) is 14.9 Å². The highest BCUT2D eigenvalue weighted by molar-refractivity contribution is 8.00. The molecule has 0 bridgehead atoms. The standard InChI is InChI=1S/C19H29N5OS/c1-11(2)14-10-8-9-12(3)15(14)21-16(25)13(4)26-18-23-22-17(24(18)20)19(5,6)7/h8-11,13H,20H2,1-7H3,(H,21,25). The molecule has 1 unspecified atom stereocenters. The zero-order chi connectivity index (χ0) is 19.6. The third kappa shape index (κ3) is 4.38. The van der Waals surface area contributed by atoms with E-state index in [4.69, 9.17) is 5.84 Å². The molecule has 26 heavy (non-hydrogen) atoms. The highest BCUT2D eigenvalue weighted by Gasteiger charge is 2.25. The van der Waals surface area contributed by atoms with Crippen molar-refractivity contribution < 1.29 is 4.79 Å². The number of nitrogens with two attached hydrogens (primary N) is 1. The number of amides is 1. The minimum atomic E-state index is -0.353. The van der Waals surface area contributed by atoms with E-state index in [1.165, 1.54) is 16.4 Å². The summed E-state index contributed by atoms with van der Waals surface area (Å²) in [4.78, 5) is 12.7. The number of aryl methyl sites for hydroxylation is 1. The Hall–Kier alpha value is -2.02. The molecule has 0 aliphatic rings. The van der Waals surface area contributed by atoms with Crippen molar-refractivity contribution in [3.63, 3.8) is 0 Å². The maximum Gasteiger partial charge on any atom is 0.237 e. The van der Waals surface area contributed by atoms with Crippen molar-refractivity contribution >= 4 is 23.4 Å². The van der Waals surface area contributed by atoms with E-state index in [9.17, 15) is 4.79 Å². The zero-order valence-corrected chi connectivity index (χ0v) is 17.4. The molecule has 0 radical (unpaired) electrons. The van der Waals surface area contributed by atoms with Crippen LogP contribution in [0.4, 0.5) is 5.69 Å². The van der Waals surface area contributed by atoms with Crippen LogP contribution in [0.3, 0.4) is 0 Å². The van der Waals surface area contributed by atoms with Crippen LogP contribution in [-0.2, 0) is 10.2 Å². The van der Waals surface area contributed by atoms with Crippen molar-refractivity contribution in [3.8, 4) is 0 Å². The highest BCUT2D eigenvalue weighted by atomic mass is 32.2. The van der Waals surface area contributed by atoms with E-state index in [0.717, 1.165) is 16.8 Å². The van der Waals surface area contributed by atoms with Gasteiger partial charge in [0.1, 0.15) is 0 Å². The molecule has 7 heteroatoms. The molecule has 1 amide bonds. The topological polar surface area (TPSA) is 85.8 Å². The third-order valence-corrected chi connectivity index (χ3v) is 5.22. The number of aromatic nitrogens is 3. The first-order valence-corrected chi connectivity index (χ1v) is 9.68. The fraction of sp³-hybridized carbons (Fsp3) is 0.526. The van der Waals surface area contributed by atoms with Gasteiger partial charge in [-0.05, 0) is 30.9 Å². The van der Waals surface area contributed by atoms with Crippen LogP contribution < -0.4 is 11.2 Å². The second-order valence-electron chi connectivity index (χ2n) is 7.87. The number of carbonyl (C=O) groups excluding carboxylic acids is 1. The summed E-state index contributed by atoms with van der Waals surface area (Å²) in [5.74, 6) is 7.06. The van der Waals surface area contributed by atoms with E-state index in [-0.39, 0.29) is 16.6 Å². The molecule has 0 spiro atoms. The average Bonchev–Trinajstić information content (AvgIpc) is 2.89. The number of para-hydroxylation sites is 1. The molecule has 0 saturated carbocycles. The molecule has 6 nitrogen and oxygen atoms in total. The van der Waals surface area contributed by atoms with Crippen molar-refractivity contribution in [1.29, 1.82) is 0 Å². The van der Waals surface area contributed by atoms with Gasteiger partial charge in [0.15, 0.2) is 5.82 Å². The lowest BCUT2D eigenvalue weighted by Crippen LogP contribution is -2.26. The number of anilines is 1. The van der Waals surface area contributed by atoms with Crippen molar-refractivity contribution in [3.05, 3.63) is 35.2 Å². The largest absolute Gasteiger partial charge is 0.336 e. The molecule has 2 aromatic rings. The molecule has 0 aliphatic carbocycles. The Bertz CT molecular complexity index is 792. The van der Waals surface area contributed by atoms with Gasteiger partial charge in [0, 0.05) is 11.1 Å². The Morgan fingerprint density at radius 2 is 1.88 bits per heavy atom. The predicted molar refractivity (Wildman–Crippen MR) is 108 cm³/mol. The molecule has 1 atom stereocenters. The first-order valence-electron chi connectivity index (χ1n) is 8.80. The zero-order valence-electron chi connectivity index (χ0n) is 16.6. The van der Waals surface area contributed by atoms with Crippen LogP contribution in [0, 0.1) is 6.92 Å². The fourth-order valence-electron chi connectivity index (χ4n) is 2.65. The van der Waals surface area contributed by atoms with Gasteiger partial charge in [0.25, 0.3) is 0 Å². The number of nitrogens with zero attached hydrogens (tertiary/aromatic N) is 3. The average molecular weight is 376 g/mol. The van der Waals surface area contributed by atoms with Gasteiger partial charge < -0.3 is 11.2 Å². The molecular formula is C19H29N5OS. The van der Waals surface area contributed by atoms with E-state index in [1.54, 1.807) is 0 Å². The second kappa shape index (κ2) is 7.70. The molecule has 1 heterocycles. The molecule has 0 fully saturated rings. The van der Waals surface area contributed by atoms with Crippen molar-refractivity contribution in [2.45, 2.75) is 70.2 Å². The predicted octanol–water partition coefficient (Wildman–Crippen LogP) is 3.84. The number of benzene rings is 1. The normalized spacial score (nSPS) is 13.1. The Balaban J connectivity index is 2.16. The van der Waals surface area contributed by atoms with Gasteiger partial charge in [0.2, 0.25) is 11.1 Å². The summed E-state index contributed by atoms with van der Waals surface area (Å²) in [5, 5.41) is 11.6. The Morgan fingerprint density at radius 3 is 2.42 bits per heavy atom. The van der Waals surface area contributed by atoms with Gasteiger partial charge in [-0.15, -0.1) is 10.2 Å². The van der Waals surface area contributed by atoms with Gasteiger partial charge in [-0.3, -0.25) is 4.79 Å². The highest BCUT2D eigenvalue weighted by Crippen LogP contribution is 2.30. The second-order valence-corrected chi connectivity index (χ2v) is 9.18. The molecule has 1 aromatic carbocycles. The number of nitrogen functional groups attached to an aromatic ring is 1. The van der Waals surface area contributed by atoms with E-state index in [2.05, 4.69) is 35.4 Å². The number of hydrogen-bond acceptors (Lipinski definition) is 5. The maximum absolute atomic E-state index is 12.7. The molecule has 3 N–H and O–H groups in total. The summed E-state index contributed by atoms with van der Waals surface area (Å²) in [6.07, 6.45) is 0. The van der Waals surface area contributed by atoms with Gasteiger partial charge in [0.05, 0.1) is 5.25 Å². The van der Waals surface area contributed by atoms with Gasteiger partial charge in [-0.25, -0.2) is 4.68 Å². The molecule has 2 rings (SSSR count). The monoisotopic (exact) mass is 375 g/mol. The Labute approximate surface area is 159 Å². The molecule has 142 valence electrons. The number of hydrogen-bond donors (Lipinski definition) is 2. The van der Waals surface area contributed by atoms with Crippen LogP contribution in [0.1, 0.15) is 64.4 Å². The van der Waals surface area contributed by atoms with Crippen LogP contribution in [0.15, 0.2) is 23.4 Å². The van der Waals surface area contributed by atoms with Crippen LogP contribution >= 0.6 is 11.8 Å². The summed E-state index contributed by atoms with van der Waals surface area (Å²) in [7, 11) is 0. The van der Waals surface area contributed by atoms with Crippen LogP contribution in [0.25, 0.3) is 0 Å². The minimum Gasteiger partial charge on any atom is -0.336 e. The summed E-state index contributed by atoms with van der Waals surface area (Å²) in [6.45, 7) is 14.2. The van der Waals surface area contributed by atoms with E-state index >= 15 is 0 Å². The smallest absolute Gasteiger partial charge is 0.237 e. The van der Waals surface area contributed by atoms with E-state index in [1.807, 2.05) is 46.8 Å². The SMILES string of the molecule is Cc1cccc(C(C)C)c1NC(=O)C(C)Sc1nnc(C(C)(C)C)n1N. The minimum absolute atomic E-state index is 0.0773. The molecular weight excluding hydrogens is 346 g/mol. The Kier molecular flexibility index (Phi) is 6.01. The fourth-order valence-corrected chi connectivity index (χ4v) is 3.42. The van der Waals surface area contributed by atoms with E-state index in [0.29, 0.717) is 16.9 Å². The van der Waals surface area contributed by atoms with Crippen molar-refractivity contribution in [2.75, 3.05) is 11.2 Å². The lowest BCUT2D eigenvalue weighted by atomic mass is 9.96. The molecule has 0 saturated heterocycles. The maximum atomic E-state index is 12.7. The summed E-state index contributed by atoms with van der Waals surface area (Å²) < 4.78 is 1.47. The molecule has 1 aromatic heterocycles. The third-order valence-electron chi connectivity index (χ3n) is 4.16. The lowest BCUT2D eigenvalue weighted by Gasteiger charge is -2.19. The first-order chi connectivity index (χ1) is 12.0. The summed E-state index contributed by atoms with van der Waals surface area (Å²) >= 11 is 1.31. The quantitative estimate of drug-likeness (QED) is 0.612. The van der Waals surface area contributed by atoms with Crippen LogP contribution in [0.2, 0.25) is 0 Å².